The van der Waals surface area contributed by atoms with Gasteiger partial charge in [-0.3, -0.25) is 4.57 Å². The molecular weight excluding hydrogens is 273 g/mol. The van der Waals surface area contributed by atoms with Crippen molar-refractivity contribution in [1.29, 1.82) is 0 Å². The zero-order chi connectivity index (χ0) is 14.2. The summed E-state index contributed by atoms with van der Waals surface area (Å²) in [5, 5.41) is -0.0374. The van der Waals surface area contributed by atoms with Crippen molar-refractivity contribution >= 4 is 23.4 Å². The van der Waals surface area contributed by atoms with Crippen LogP contribution in [0.4, 0.5) is 10.2 Å². The number of carbonyl (C=O) groups is 1. The fraction of sp³-hybridized carbons (Fsp3) is 0.167. The van der Waals surface area contributed by atoms with Crippen molar-refractivity contribution in [3.8, 4) is 5.69 Å². The monoisotopic (exact) mass is 283 g/mol. The van der Waals surface area contributed by atoms with E-state index in [2.05, 4.69) is 9.72 Å². The van der Waals surface area contributed by atoms with Gasteiger partial charge >= 0.3 is 5.97 Å². The number of aromatic nitrogens is 2. The summed E-state index contributed by atoms with van der Waals surface area (Å²) in [6, 6.07) is 4.49. The molecule has 2 aromatic rings. The number of methoxy groups -OCH3 is 1. The van der Waals surface area contributed by atoms with Gasteiger partial charge in [0.15, 0.2) is 11.5 Å². The molecule has 0 spiro atoms. The lowest BCUT2D eigenvalue weighted by Gasteiger charge is -2.09. The number of esters is 1. The SMILES string of the molecule is COC(=O)c1nc(C)n(-c2cccc(Cl)c2F)c1N. The molecule has 1 aromatic heterocycles. The smallest absolute Gasteiger partial charge is 0.360 e. The molecule has 19 heavy (non-hydrogen) atoms. The lowest BCUT2D eigenvalue weighted by atomic mass is 10.3. The molecule has 0 unspecified atom stereocenters. The van der Waals surface area contributed by atoms with E-state index in [0.29, 0.717) is 5.82 Å². The fourth-order valence-corrected chi connectivity index (χ4v) is 1.93. The van der Waals surface area contributed by atoms with Crippen LogP contribution < -0.4 is 5.73 Å². The second-order valence-corrected chi connectivity index (χ2v) is 4.20. The van der Waals surface area contributed by atoms with Crippen molar-refractivity contribution in [3.63, 3.8) is 0 Å². The molecule has 7 heteroatoms. The molecular formula is C12H11ClFN3O2. The number of aryl methyl sites for hydroxylation is 1. The first-order valence-electron chi connectivity index (χ1n) is 5.35. The van der Waals surface area contributed by atoms with Crippen LogP contribution in [0.1, 0.15) is 16.3 Å². The maximum atomic E-state index is 14.0. The molecule has 2 N–H and O–H groups in total. The Balaban J connectivity index is 2.67. The molecule has 0 radical (unpaired) electrons. The highest BCUT2D eigenvalue weighted by atomic mass is 35.5. The molecule has 0 bridgehead atoms. The van der Waals surface area contributed by atoms with Crippen molar-refractivity contribution in [3.05, 3.63) is 40.6 Å². The Bertz CT molecular complexity index is 655. The van der Waals surface area contributed by atoms with Gasteiger partial charge in [0.25, 0.3) is 0 Å². The van der Waals surface area contributed by atoms with Crippen LogP contribution in [0.3, 0.4) is 0 Å². The Labute approximate surface area is 113 Å². The number of ether oxygens (including phenoxy) is 1. The zero-order valence-corrected chi connectivity index (χ0v) is 11.0. The molecule has 5 nitrogen and oxygen atoms in total. The van der Waals surface area contributed by atoms with Crippen LogP contribution in [-0.4, -0.2) is 22.6 Å². The maximum absolute atomic E-state index is 14.0. The number of nitrogens with two attached hydrogens (primary N) is 1. The van der Waals surface area contributed by atoms with E-state index in [9.17, 15) is 9.18 Å². The number of anilines is 1. The Kier molecular flexibility index (Phi) is 3.44. The van der Waals surface area contributed by atoms with Gasteiger partial charge in [0.1, 0.15) is 11.6 Å². The number of halogens is 2. The van der Waals surface area contributed by atoms with Crippen molar-refractivity contribution in [2.45, 2.75) is 6.92 Å². The fourth-order valence-electron chi connectivity index (χ4n) is 1.77. The van der Waals surface area contributed by atoms with Crippen molar-refractivity contribution in [1.82, 2.24) is 9.55 Å². The minimum Gasteiger partial charge on any atom is -0.464 e. The molecule has 0 atom stereocenters. The highest BCUT2D eigenvalue weighted by molar-refractivity contribution is 6.30. The molecule has 0 amide bonds. The summed E-state index contributed by atoms with van der Waals surface area (Å²) < 4.78 is 19.9. The summed E-state index contributed by atoms with van der Waals surface area (Å²) in [6.07, 6.45) is 0. The summed E-state index contributed by atoms with van der Waals surface area (Å²) in [5.74, 6) is -0.945. The highest BCUT2D eigenvalue weighted by Crippen LogP contribution is 2.26. The summed E-state index contributed by atoms with van der Waals surface area (Å²) in [4.78, 5) is 15.5. The standard InChI is InChI=1S/C12H11ClFN3O2/c1-6-16-10(12(18)19-2)11(15)17(6)8-5-3-4-7(13)9(8)14/h3-5H,15H2,1-2H3. The van der Waals surface area contributed by atoms with E-state index >= 15 is 0 Å². The first-order valence-corrected chi connectivity index (χ1v) is 5.72. The van der Waals surface area contributed by atoms with Gasteiger partial charge in [0, 0.05) is 0 Å². The van der Waals surface area contributed by atoms with Crippen LogP contribution in [0.5, 0.6) is 0 Å². The number of hydrogen-bond donors (Lipinski definition) is 1. The second kappa shape index (κ2) is 4.89. The largest absolute Gasteiger partial charge is 0.464 e. The topological polar surface area (TPSA) is 70.1 Å². The van der Waals surface area contributed by atoms with Gasteiger partial charge in [0.2, 0.25) is 0 Å². The predicted octanol–water partition coefficient (Wildman–Crippen LogP) is 2.34. The summed E-state index contributed by atoms with van der Waals surface area (Å²) >= 11 is 5.72. The Morgan fingerprint density at radius 1 is 1.53 bits per heavy atom. The van der Waals surface area contributed by atoms with E-state index < -0.39 is 11.8 Å². The normalized spacial score (nSPS) is 10.5. The minimum absolute atomic E-state index is 0.00511. The summed E-state index contributed by atoms with van der Waals surface area (Å²) in [6.45, 7) is 1.60. The van der Waals surface area contributed by atoms with Crippen LogP contribution in [0.2, 0.25) is 5.02 Å². The van der Waals surface area contributed by atoms with Gasteiger partial charge in [-0.15, -0.1) is 0 Å². The van der Waals surface area contributed by atoms with Crippen molar-refractivity contribution < 1.29 is 13.9 Å². The van der Waals surface area contributed by atoms with Crippen molar-refractivity contribution in [2.75, 3.05) is 12.8 Å². The van der Waals surface area contributed by atoms with Crippen LogP contribution in [0, 0.1) is 12.7 Å². The predicted molar refractivity (Wildman–Crippen MR) is 69.0 cm³/mol. The quantitative estimate of drug-likeness (QED) is 0.859. The van der Waals surface area contributed by atoms with Gasteiger partial charge < -0.3 is 10.5 Å². The highest BCUT2D eigenvalue weighted by Gasteiger charge is 2.22. The van der Waals surface area contributed by atoms with Gasteiger partial charge in [-0.05, 0) is 19.1 Å². The number of hydrogen-bond acceptors (Lipinski definition) is 4. The third-order valence-corrected chi connectivity index (χ3v) is 2.92. The summed E-state index contributed by atoms with van der Waals surface area (Å²) in [7, 11) is 1.22. The zero-order valence-electron chi connectivity index (χ0n) is 10.3. The number of carbonyl (C=O) groups excluding carboxylic acids is 1. The van der Waals surface area contributed by atoms with E-state index in [0.717, 1.165) is 0 Å². The molecule has 1 heterocycles. The maximum Gasteiger partial charge on any atom is 0.360 e. The molecule has 0 aliphatic heterocycles. The molecule has 0 saturated carbocycles. The van der Waals surface area contributed by atoms with E-state index in [1.54, 1.807) is 13.0 Å². The molecule has 0 fully saturated rings. The Hall–Kier alpha value is -2.08. The average molecular weight is 284 g/mol. The molecule has 100 valence electrons. The lowest BCUT2D eigenvalue weighted by molar-refractivity contribution is 0.0596. The molecule has 0 saturated heterocycles. The molecule has 1 aromatic carbocycles. The summed E-state index contributed by atoms with van der Waals surface area (Å²) in [5.41, 5.74) is 5.90. The van der Waals surface area contributed by atoms with E-state index in [-0.39, 0.29) is 22.2 Å². The minimum atomic E-state index is -0.679. The third kappa shape index (κ3) is 2.15. The van der Waals surface area contributed by atoms with Crippen LogP contribution in [-0.2, 0) is 4.74 Å². The second-order valence-electron chi connectivity index (χ2n) is 3.79. The van der Waals surface area contributed by atoms with Gasteiger partial charge in [-0.25, -0.2) is 14.2 Å². The number of rotatable bonds is 2. The van der Waals surface area contributed by atoms with Gasteiger partial charge in [-0.1, -0.05) is 17.7 Å². The van der Waals surface area contributed by atoms with E-state index in [4.69, 9.17) is 17.3 Å². The Morgan fingerprint density at radius 2 is 2.21 bits per heavy atom. The van der Waals surface area contributed by atoms with Crippen LogP contribution in [0.25, 0.3) is 5.69 Å². The average Bonchev–Trinajstić information content (AvgIpc) is 2.68. The van der Waals surface area contributed by atoms with Crippen LogP contribution >= 0.6 is 11.6 Å². The van der Waals surface area contributed by atoms with Crippen molar-refractivity contribution in [2.24, 2.45) is 0 Å². The first-order chi connectivity index (χ1) is 8.97. The number of imidazole rings is 1. The molecule has 0 aliphatic carbocycles. The van der Waals surface area contributed by atoms with Gasteiger partial charge in [0.05, 0.1) is 17.8 Å². The van der Waals surface area contributed by atoms with E-state index in [1.165, 1.54) is 23.8 Å². The van der Waals surface area contributed by atoms with E-state index in [1.807, 2.05) is 0 Å². The number of nitrogen functional groups attached to an aromatic ring is 1. The van der Waals surface area contributed by atoms with Crippen LogP contribution in [0.15, 0.2) is 18.2 Å². The molecule has 0 aliphatic rings. The number of benzene rings is 1. The Morgan fingerprint density at radius 3 is 2.84 bits per heavy atom. The lowest BCUT2D eigenvalue weighted by Crippen LogP contribution is -2.08. The molecule has 2 rings (SSSR count). The third-order valence-electron chi connectivity index (χ3n) is 2.63. The van der Waals surface area contributed by atoms with Gasteiger partial charge in [-0.2, -0.15) is 0 Å². The number of nitrogens with zero attached hydrogens (tertiary/aromatic N) is 2. The first kappa shape index (κ1) is 13.4.